The van der Waals surface area contributed by atoms with Gasteiger partial charge >= 0.3 is 18.5 Å². The molecular formula is C25H20Cl3F9O2S. The summed E-state index contributed by atoms with van der Waals surface area (Å²) in [6.45, 7) is 1.49. The summed E-state index contributed by atoms with van der Waals surface area (Å²) in [7, 11) is -2.38. The Bertz CT molecular complexity index is 1250. The van der Waals surface area contributed by atoms with Gasteiger partial charge in [-0.3, -0.25) is 9.00 Å². The van der Waals surface area contributed by atoms with Gasteiger partial charge in [0.05, 0.1) is 26.5 Å². The van der Waals surface area contributed by atoms with Gasteiger partial charge in [-0.1, -0.05) is 72.4 Å². The van der Waals surface area contributed by atoms with Crippen LogP contribution >= 0.6 is 34.8 Å². The van der Waals surface area contributed by atoms with Crippen molar-refractivity contribution < 1.29 is 48.5 Å². The zero-order valence-corrected chi connectivity index (χ0v) is 23.4. The van der Waals surface area contributed by atoms with Crippen molar-refractivity contribution >= 4 is 57.5 Å². The van der Waals surface area contributed by atoms with Crippen molar-refractivity contribution in [1.82, 2.24) is 0 Å². The molecule has 0 radical (unpaired) electrons. The van der Waals surface area contributed by atoms with Crippen LogP contribution in [0.1, 0.15) is 52.7 Å². The molecule has 0 N–H and O–H groups in total. The van der Waals surface area contributed by atoms with Gasteiger partial charge in [0.2, 0.25) is 0 Å². The largest absolute Gasteiger partial charge is 0.417 e. The third-order valence-electron chi connectivity index (χ3n) is 5.65. The van der Waals surface area contributed by atoms with Gasteiger partial charge in [0.15, 0.2) is 5.78 Å². The quantitative estimate of drug-likeness (QED) is 0.144. The number of rotatable bonds is 10. The third-order valence-corrected chi connectivity index (χ3v) is 8.34. The standard InChI is InChI=1S/C25H20Cl3F9O2S/c1-2-13(11-40(39)12-23(29,30)31)8-21(38)16-5-3-14(7-18(16)25(35,36)37)4-6-17(24(32,33)34)15-9-19(26)22(28)20(27)10-15/h3-7,9-10,13,17H,2,8,11-12H2,1H3/b6-4+/t13-,17?,40?/m0/s1. The molecule has 0 spiro atoms. The van der Waals surface area contributed by atoms with Gasteiger partial charge < -0.3 is 0 Å². The number of ketones is 1. The van der Waals surface area contributed by atoms with Crippen molar-refractivity contribution in [2.24, 2.45) is 5.92 Å². The lowest BCUT2D eigenvalue weighted by atomic mass is 9.92. The summed E-state index contributed by atoms with van der Waals surface area (Å²) in [5.41, 5.74) is -2.98. The molecule has 222 valence electrons. The van der Waals surface area contributed by atoms with Gasteiger partial charge in [-0.15, -0.1) is 0 Å². The third kappa shape index (κ3) is 9.95. The highest BCUT2D eigenvalue weighted by Gasteiger charge is 2.40. The Morgan fingerprint density at radius 3 is 2.00 bits per heavy atom. The van der Waals surface area contributed by atoms with Crippen LogP contribution in [-0.2, 0) is 17.0 Å². The second-order valence-electron chi connectivity index (χ2n) is 8.75. The average molecular weight is 662 g/mol. The molecule has 0 fully saturated rings. The maximum atomic E-state index is 13.8. The van der Waals surface area contributed by atoms with E-state index in [0.717, 1.165) is 30.3 Å². The smallest absolute Gasteiger partial charge is 0.294 e. The molecule has 0 amide bonds. The minimum Gasteiger partial charge on any atom is -0.294 e. The van der Waals surface area contributed by atoms with Gasteiger partial charge in [-0.2, -0.15) is 39.5 Å². The number of Topliss-reactive ketones (excluding diaryl/α,β-unsaturated/α-hetero) is 1. The number of carbonyl (C=O) groups is 1. The highest BCUT2D eigenvalue weighted by molar-refractivity contribution is 7.85. The van der Waals surface area contributed by atoms with E-state index in [1.807, 2.05) is 0 Å². The van der Waals surface area contributed by atoms with E-state index in [0.29, 0.717) is 12.1 Å². The summed E-state index contributed by atoms with van der Waals surface area (Å²) in [5, 5.41) is -0.702. The lowest BCUT2D eigenvalue weighted by Crippen LogP contribution is -2.24. The summed E-state index contributed by atoms with van der Waals surface area (Å²) < 4.78 is 132. The van der Waals surface area contributed by atoms with Crippen molar-refractivity contribution in [2.75, 3.05) is 11.5 Å². The Labute approximate surface area is 240 Å². The Hall–Kier alpha value is -1.76. The molecule has 0 saturated heterocycles. The molecule has 2 rings (SSSR count). The van der Waals surface area contributed by atoms with Gasteiger partial charge in [-0.25, -0.2) is 0 Å². The second kappa shape index (κ2) is 13.5. The van der Waals surface area contributed by atoms with E-state index in [2.05, 4.69) is 0 Å². The van der Waals surface area contributed by atoms with Crippen LogP contribution in [0.5, 0.6) is 0 Å². The Kier molecular flexibility index (Phi) is 11.6. The monoisotopic (exact) mass is 660 g/mol. The Morgan fingerprint density at radius 1 is 0.950 bits per heavy atom. The van der Waals surface area contributed by atoms with Crippen LogP contribution in [0.15, 0.2) is 36.4 Å². The van der Waals surface area contributed by atoms with Crippen molar-refractivity contribution in [3.05, 3.63) is 73.7 Å². The van der Waals surface area contributed by atoms with E-state index in [1.54, 1.807) is 0 Å². The molecule has 0 aliphatic rings. The first kappa shape index (κ1) is 34.4. The summed E-state index contributed by atoms with van der Waals surface area (Å²) >= 11 is 17.4. The van der Waals surface area contributed by atoms with Crippen LogP contribution < -0.4 is 0 Å². The van der Waals surface area contributed by atoms with Crippen LogP contribution in [0.3, 0.4) is 0 Å². The first-order valence-corrected chi connectivity index (χ1v) is 13.9. The summed E-state index contributed by atoms with van der Waals surface area (Å²) in [5.74, 6) is -6.42. The summed E-state index contributed by atoms with van der Waals surface area (Å²) in [4.78, 5) is 12.7. The lowest BCUT2D eigenvalue weighted by molar-refractivity contribution is -0.139. The molecule has 0 heterocycles. The molecule has 0 bridgehead atoms. The first-order valence-electron chi connectivity index (χ1n) is 11.3. The predicted molar refractivity (Wildman–Crippen MR) is 137 cm³/mol. The first-order chi connectivity index (χ1) is 18.2. The molecular weight excluding hydrogens is 642 g/mol. The van der Waals surface area contributed by atoms with Crippen molar-refractivity contribution in [3.8, 4) is 0 Å². The highest BCUT2D eigenvalue weighted by atomic mass is 35.5. The molecule has 0 aliphatic heterocycles. The van der Waals surface area contributed by atoms with Crippen molar-refractivity contribution in [3.63, 3.8) is 0 Å². The highest BCUT2D eigenvalue weighted by Crippen LogP contribution is 2.41. The van der Waals surface area contributed by atoms with Gasteiger partial charge in [0, 0.05) is 28.5 Å². The maximum Gasteiger partial charge on any atom is 0.417 e. The van der Waals surface area contributed by atoms with Crippen LogP contribution in [-0.4, -0.2) is 33.9 Å². The molecule has 2 nitrogen and oxygen atoms in total. The van der Waals surface area contributed by atoms with Crippen LogP contribution in [0.2, 0.25) is 15.1 Å². The van der Waals surface area contributed by atoms with Crippen LogP contribution in [0, 0.1) is 5.92 Å². The van der Waals surface area contributed by atoms with Gasteiger partial charge in [0.1, 0.15) is 5.75 Å². The molecule has 2 unspecified atom stereocenters. The molecule has 0 saturated carbocycles. The van der Waals surface area contributed by atoms with Crippen LogP contribution in [0.25, 0.3) is 6.08 Å². The molecule has 0 aromatic heterocycles. The van der Waals surface area contributed by atoms with Crippen molar-refractivity contribution in [2.45, 2.75) is 44.2 Å². The Balaban J connectivity index is 2.39. The number of alkyl halides is 9. The van der Waals surface area contributed by atoms with E-state index in [4.69, 9.17) is 34.8 Å². The van der Waals surface area contributed by atoms with Crippen molar-refractivity contribution in [1.29, 1.82) is 0 Å². The molecule has 15 heteroatoms. The normalized spacial score (nSPS) is 15.3. The molecule has 3 atom stereocenters. The number of allylic oxidation sites excluding steroid dienone is 1. The fraction of sp³-hybridized carbons (Fsp3) is 0.400. The molecule has 0 aliphatic carbocycles. The molecule has 2 aromatic rings. The number of hydrogen-bond acceptors (Lipinski definition) is 2. The molecule has 2 aromatic carbocycles. The van der Waals surface area contributed by atoms with E-state index < -0.39 is 81.6 Å². The predicted octanol–water partition coefficient (Wildman–Crippen LogP) is 9.93. The zero-order valence-electron chi connectivity index (χ0n) is 20.3. The molecule has 40 heavy (non-hydrogen) atoms. The topological polar surface area (TPSA) is 34.1 Å². The SMILES string of the molecule is CC[C@@H](CC(=O)c1ccc(/C=C/C(c2cc(Cl)c(Cl)c(Cl)c2)C(F)(F)F)cc1C(F)(F)F)CS(=O)CC(F)(F)F. The second-order valence-corrected chi connectivity index (χ2v) is 11.4. The number of halogens is 12. The average Bonchev–Trinajstić information content (AvgIpc) is 2.79. The Morgan fingerprint density at radius 2 is 1.52 bits per heavy atom. The number of carbonyl (C=O) groups excluding carboxylic acids is 1. The van der Waals surface area contributed by atoms with E-state index in [-0.39, 0.29) is 27.1 Å². The fourth-order valence-electron chi connectivity index (χ4n) is 3.71. The van der Waals surface area contributed by atoms with E-state index in [1.165, 1.54) is 6.92 Å². The zero-order chi connectivity index (χ0) is 30.6. The minimum absolute atomic E-state index is 0.0784. The number of benzene rings is 2. The summed E-state index contributed by atoms with van der Waals surface area (Å²) in [6, 6.07) is 4.11. The van der Waals surface area contributed by atoms with Gasteiger partial charge in [-0.05, 0) is 35.2 Å². The van der Waals surface area contributed by atoms with Gasteiger partial charge in [0.25, 0.3) is 0 Å². The fourth-order valence-corrected chi connectivity index (χ4v) is 5.69. The van der Waals surface area contributed by atoms with Crippen LogP contribution in [0.4, 0.5) is 39.5 Å². The van der Waals surface area contributed by atoms with E-state index in [9.17, 15) is 48.5 Å². The summed E-state index contributed by atoms with van der Waals surface area (Å²) in [6.07, 6.45) is -13.8. The minimum atomic E-state index is -5.09. The maximum absolute atomic E-state index is 13.8. The lowest BCUT2D eigenvalue weighted by Gasteiger charge is -2.19. The van der Waals surface area contributed by atoms with E-state index >= 15 is 0 Å². The number of hydrogen-bond donors (Lipinski definition) is 0.